The number of morpholine rings is 1. The number of fused-ring (bicyclic) bond motifs is 1. The van der Waals surface area contributed by atoms with Gasteiger partial charge in [0.25, 0.3) is 5.91 Å². The first-order valence-electron chi connectivity index (χ1n) is 5.98. The summed E-state index contributed by atoms with van der Waals surface area (Å²) in [5.41, 5.74) is 7.83. The summed E-state index contributed by atoms with van der Waals surface area (Å²) in [5, 5.41) is 0. The van der Waals surface area contributed by atoms with Gasteiger partial charge in [-0.1, -0.05) is 0 Å². The highest BCUT2D eigenvalue weighted by molar-refractivity contribution is 6.05. The number of rotatable bonds is 2. The molecule has 1 aliphatic heterocycles. The maximum Gasteiger partial charge on any atom is 0.252 e. The zero-order valence-electron chi connectivity index (χ0n) is 10.2. The number of anilines is 1. The molecule has 0 bridgehead atoms. The van der Waals surface area contributed by atoms with Gasteiger partial charge >= 0.3 is 0 Å². The fourth-order valence-corrected chi connectivity index (χ4v) is 2.21. The number of ether oxygens (including phenoxy) is 1. The van der Waals surface area contributed by atoms with Crippen molar-refractivity contribution in [3.63, 3.8) is 0 Å². The van der Waals surface area contributed by atoms with Crippen LogP contribution in [0.3, 0.4) is 0 Å². The Kier molecular flexibility index (Phi) is 2.96. The lowest BCUT2D eigenvalue weighted by molar-refractivity contribution is 0.0998. The molecule has 2 aromatic heterocycles. The summed E-state index contributed by atoms with van der Waals surface area (Å²) in [6.45, 7) is 2.63. The molecule has 0 radical (unpaired) electrons. The highest BCUT2D eigenvalue weighted by Gasteiger charge is 2.21. The van der Waals surface area contributed by atoms with E-state index in [4.69, 9.17) is 10.5 Å². The van der Waals surface area contributed by atoms with Crippen LogP contribution in [0.1, 0.15) is 10.4 Å². The van der Waals surface area contributed by atoms with Crippen molar-refractivity contribution in [2.75, 3.05) is 31.2 Å². The Bertz CT molecular complexity index is 625. The van der Waals surface area contributed by atoms with E-state index in [0.717, 1.165) is 5.69 Å². The molecule has 98 valence electrons. The van der Waals surface area contributed by atoms with Crippen molar-refractivity contribution in [3.8, 4) is 0 Å². The Morgan fingerprint density at radius 1 is 1.26 bits per heavy atom. The molecule has 0 spiro atoms. The van der Waals surface area contributed by atoms with E-state index in [0.29, 0.717) is 42.9 Å². The zero-order chi connectivity index (χ0) is 13.2. The van der Waals surface area contributed by atoms with Gasteiger partial charge < -0.3 is 15.4 Å². The third-order valence-electron chi connectivity index (χ3n) is 3.10. The van der Waals surface area contributed by atoms with E-state index in [1.807, 2.05) is 0 Å². The fraction of sp³-hybridized carbons (Fsp3) is 0.333. The lowest BCUT2D eigenvalue weighted by Gasteiger charge is -2.30. The highest BCUT2D eigenvalue weighted by atomic mass is 16.5. The van der Waals surface area contributed by atoms with Crippen molar-refractivity contribution in [1.29, 1.82) is 0 Å². The van der Waals surface area contributed by atoms with E-state index in [2.05, 4.69) is 19.9 Å². The van der Waals surface area contributed by atoms with Gasteiger partial charge in [-0.25, -0.2) is 9.97 Å². The number of nitrogens with zero attached hydrogens (tertiary/aromatic N) is 4. The third-order valence-corrected chi connectivity index (χ3v) is 3.10. The van der Waals surface area contributed by atoms with Gasteiger partial charge in [-0.2, -0.15) is 0 Å². The predicted octanol–water partition coefficient (Wildman–Crippen LogP) is -0.0397. The van der Waals surface area contributed by atoms with E-state index in [9.17, 15) is 4.79 Å². The third kappa shape index (κ3) is 2.08. The molecule has 0 unspecified atom stereocenters. The van der Waals surface area contributed by atoms with E-state index in [1.54, 1.807) is 6.20 Å². The Balaban J connectivity index is 2.21. The van der Waals surface area contributed by atoms with Crippen LogP contribution in [0.25, 0.3) is 11.0 Å². The maximum absolute atomic E-state index is 11.6. The van der Waals surface area contributed by atoms with Crippen LogP contribution in [0.5, 0.6) is 0 Å². The molecule has 1 amide bonds. The Labute approximate surface area is 109 Å². The van der Waals surface area contributed by atoms with E-state index in [-0.39, 0.29) is 0 Å². The molecule has 1 fully saturated rings. The Hall–Kier alpha value is -2.28. The van der Waals surface area contributed by atoms with Crippen LogP contribution in [0, 0.1) is 0 Å². The molecule has 2 N–H and O–H groups in total. The summed E-state index contributed by atoms with van der Waals surface area (Å²) in [5.74, 6) is -0.505. The summed E-state index contributed by atoms with van der Waals surface area (Å²) in [7, 11) is 0. The topological polar surface area (TPSA) is 94.2 Å². The number of carbonyl (C=O) groups excluding carboxylic acids is 1. The number of primary amides is 1. The molecular weight excluding hydrogens is 246 g/mol. The van der Waals surface area contributed by atoms with Gasteiger partial charge in [0.15, 0.2) is 0 Å². The number of pyridine rings is 1. The van der Waals surface area contributed by atoms with Gasteiger partial charge in [0, 0.05) is 19.3 Å². The molecule has 0 saturated carbocycles. The lowest BCUT2D eigenvalue weighted by Crippen LogP contribution is -2.37. The summed E-state index contributed by atoms with van der Waals surface area (Å²) in [4.78, 5) is 26.0. The van der Waals surface area contributed by atoms with Crippen LogP contribution in [0.15, 0.2) is 18.7 Å². The van der Waals surface area contributed by atoms with Crippen LogP contribution in [0.2, 0.25) is 0 Å². The van der Waals surface area contributed by atoms with Crippen LogP contribution in [-0.4, -0.2) is 47.2 Å². The van der Waals surface area contributed by atoms with E-state index >= 15 is 0 Å². The van der Waals surface area contributed by atoms with Crippen LogP contribution < -0.4 is 10.6 Å². The quantitative estimate of drug-likeness (QED) is 0.813. The minimum absolute atomic E-state index is 0.383. The van der Waals surface area contributed by atoms with Crippen LogP contribution in [-0.2, 0) is 4.74 Å². The summed E-state index contributed by atoms with van der Waals surface area (Å²) >= 11 is 0. The number of carbonyl (C=O) groups is 1. The van der Waals surface area contributed by atoms with Gasteiger partial charge in [-0.15, -0.1) is 0 Å². The fourth-order valence-electron chi connectivity index (χ4n) is 2.21. The highest BCUT2D eigenvalue weighted by Crippen LogP contribution is 2.27. The first-order chi connectivity index (χ1) is 9.27. The second-order valence-electron chi connectivity index (χ2n) is 4.24. The number of amides is 1. The predicted molar refractivity (Wildman–Crippen MR) is 68.9 cm³/mol. The van der Waals surface area contributed by atoms with Crippen molar-refractivity contribution in [3.05, 3.63) is 24.3 Å². The number of nitrogens with two attached hydrogens (primary N) is 1. The molecule has 7 nitrogen and oxygen atoms in total. The second kappa shape index (κ2) is 4.77. The number of hydrogen-bond acceptors (Lipinski definition) is 6. The molecule has 0 atom stereocenters. The standard InChI is InChI=1S/C12H13N5O2/c13-12(18)8-5-15-9-6-14-7-16-10(9)11(8)17-1-3-19-4-2-17/h5-7H,1-4H2,(H2,13,18). The van der Waals surface area contributed by atoms with Crippen molar-refractivity contribution in [2.24, 2.45) is 5.73 Å². The van der Waals surface area contributed by atoms with Gasteiger partial charge in [0.2, 0.25) is 0 Å². The Morgan fingerprint density at radius 3 is 2.79 bits per heavy atom. The normalized spacial score (nSPS) is 15.7. The largest absolute Gasteiger partial charge is 0.378 e. The number of hydrogen-bond donors (Lipinski definition) is 1. The molecule has 0 aromatic carbocycles. The zero-order valence-corrected chi connectivity index (χ0v) is 10.2. The van der Waals surface area contributed by atoms with Gasteiger partial charge in [-0.3, -0.25) is 9.78 Å². The average Bonchev–Trinajstić information content (AvgIpc) is 2.46. The minimum Gasteiger partial charge on any atom is -0.378 e. The van der Waals surface area contributed by atoms with Crippen LogP contribution >= 0.6 is 0 Å². The van der Waals surface area contributed by atoms with Crippen LogP contribution in [0.4, 0.5) is 5.69 Å². The van der Waals surface area contributed by atoms with Gasteiger partial charge in [0.1, 0.15) is 17.4 Å². The Morgan fingerprint density at radius 2 is 2.05 bits per heavy atom. The van der Waals surface area contributed by atoms with E-state index < -0.39 is 5.91 Å². The molecule has 2 aromatic rings. The molecule has 1 aliphatic rings. The van der Waals surface area contributed by atoms with Gasteiger partial charge in [-0.05, 0) is 0 Å². The van der Waals surface area contributed by atoms with Crippen molar-refractivity contribution in [2.45, 2.75) is 0 Å². The maximum atomic E-state index is 11.6. The molecule has 1 saturated heterocycles. The summed E-state index contributed by atoms with van der Waals surface area (Å²) < 4.78 is 5.33. The second-order valence-corrected chi connectivity index (χ2v) is 4.24. The average molecular weight is 259 g/mol. The summed E-state index contributed by atoms with van der Waals surface area (Å²) in [6.07, 6.45) is 4.55. The smallest absolute Gasteiger partial charge is 0.252 e. The lowest BCUT2D eigenvalue weighted by atomic mass is 10.1. The first kappa shape index (κ1) is 11.8. The minimum atomic E-state index is -0.505. The molecule has 19 heavy (non-hydrogen) atoms. The SMILES string of the molecule is NC(=O)c1cnc2cncnc2c1N1CCOCC1. The van der Waals surface area contributed by atoms with Crippen molar-refractivity contribution >= 4 is 22.6 Å². The molecule has 3 heterocycles. The van der Waals surface area contributed by atoms with Crippen molar-refractivity contribution in [1.82, 2.24) is 15.0 Å². The molecule has 7 heteroatoms. The van der Waals surface area contributed by atoms with E-state index in [1.165, 1.54) is 12.5 Å². The summed E-state index contributed by atoms with van der Waals surface area (Å²) in [6, 6.07) is 0. The molecule has 0 aliphatic carbocycles. The number of aromatic nitrogens is 3. The molecule has 3 rings (SSSR count). The van der Waals surface area contributed by atoms with Gasteiger partial charge in [0.05, 0.1) is 30.7 Å². The molecular formula is C12H13N5O2. The monoisotopic (exact) mass is 259 g/mol. The first-order valence-corrected chi connectivity index (χ1v) is 5.98. The van der Waals surface area contributed by atoms with Crippen molar-refractivity contribution < 1.29 is 9.53 Å².